The van der Waals surface area contributed by atoms with Crippen molar-refractivity contribution in [3.63, 3.8) is 0 Å². The first-order chi connectivity index (χ1) is 15.8. The molecule has 4 heterocycles. The Bertz CT molecular complexity index is 1300. The summed E-state index contributed by atoms with van der Waals surface area (Å²) < 4.78 is 14.3. The molecule has 9 nitrogen and oxygen atoms in total. The molecule has 1 spiro atoms. The lowest BCUT2D eigenvalue weighted by Gasteiger charge is -2.36. The fourth-order valence-corrected chi connectivity index (χ4v) is 6.46. The van der Waals surface area contributed by atoms with Crippen LogP contribution in [0.15, 0.2) is 36.4 Å². The van der Waals surface area contributed by atoms with E-state index in [1.165, 1.54) is 30.3 Å². The number of carbonyl (C=O) groups is 3. The summed E-state index contributed by atoms with van der Waals surface area (Å²) in [4.78, 5) is 54.2. The lowest BCUT2D eigenvalue weighted by atomic mass is 9.75. The lowest BCUT2D eigenvalue weighted by molar-refractivity contribution is -0.384. The number of carbonyl (C=O) groups excluding carboxylic acids is 3. The van der Waals surface area contributed by atoms with Gasteiger partial charge < -0.3 is 5.32 Å². The van der Waals surface area contributed by atoms with Gasteiger partial charge in [-0.2, -0.15) is 0 Å². The molecule has 4 aliphatic heterocycles. The van der Waals surface area contributed by atoms with E-state index in [1.807, 2.05) is 4.90 Å². The van der Waals surface area contributed by atoms with Gasteiger partial charge in [0, 0.05) is 29.4 Å². The van der Waals surface area contributed by atoms with Crippen LogP contribution in [0.4, 0.5) is 21.5 Å². The van der Waals surface area contributed by atoms with Gasteiger partial charge in [0.2, 0.25) is 17.7 Å². The number of nitrogens with one attached hydrogen (secondary N) is 1. The molecular weight excluding hydrogens is 455 g/mol. The number of non-ortho nitro benzene ring substituents is 1. The Morgan fingerprint density at radius 1 is 1.15 bits per heavy atom. The monoisotopic (exact) mass is 470 g/mol. The van der Waals surface area contributed by atoms with Crippen molar-refractivity contribution in [2.45, 2.75) is 24.4 Å². The van der Waals surface area contributed by atoms with E-state index in [4.69, 9.17) is 11.6 Å². The average Bonchev–Trinajstić information content (AvgIpc) is 3.47. The molecule has 3 amide bonds. The molecule has 4 aliphatic rings. The highest BCUT2D eigenvalue weighted by Crippen LogP contribution is 2.61. The fourth-order valence-electron chi connectivity index (χ4n) is 6.20. The molecule has 0 bridgehead atoms. The van der Waals surface area contributed by atoms with Crippen molar-refractivity contribution in [1.29, 1.82) is 0 Å². The first-order valence-corrected chi connectivity index (χ1v) is 10.8. The molecule has 6 rings (SSSR count). The number of anilines is 2. The standard InChI is InChI=1S/C22H16ClFN4O5/c23-13-9-11(28(32)33)4-6-15(13)27-19(29)17-16-2-1-7-26(16)22(18(17)20(27)30)12-8-10(24)3-5-14(12)25-21(22)31/h3-6,8-9,16-18H,1-2,7H2,(H,25,31)/t16-,17+,18-,22-/m0/s1. The molecule has 1 N–H and O–H groups in total. The van der Waals surface area contributed by atoms with Crippen LogP contribution < -0.4 is 10.2 Å². The molecule has 11 heteroatoms. The van der Waals surface area contributed by atoms with E-state index in [0.29, 0.717) is 24.2 Å². The van der Waals surface area contributed by atoms with Crippen molar-refractivity contribution >= 4 is 46.4 Å². The summed E-state index contributed by atoms with van der Waals surface area (Å²) in [5.74, 6) is -4.01. The Labute approximate surface area is 191 Å². The predicted molar refractivity (Wildman–Crippen MR) is 114 cm³/mol. The summed E-state index contributed by atoms with van der Waals surface area (Å²) in [7, 11) is 0. The van der Waals surface area contributed by atoms with Crippen LogP contribution in [0.25, 0.3) is 0 Å². The van der Waals surface area contributed by atoms with Crippen LogP contribution >= 0.6 is 11.6 Å². The zero-order valence-corrected chi connectivity index (χ0v) is 17.7. The molecule has 0 unspecified atom stereocenters. The van der Waals surface area contributed by atoms with Crippen LogP contribution in [0.3, 0.4) is 0 Å². The van der Waals surface area contributed by atoms with Crippen molar-refractivity contribution in [1.82, 2.24) is 4.90 Å². The first-order valence-electron chi connectivity index (χ1n) is 10.5. The molecule has 2 aromatic carbocycles. The summed E-state index contributed by atoms with van der Waals surface area (Å²) in [5.41, 5.74) is -0.979. The van der Waals surface area contributed by atoms with Crippen molar-refractivity contribution < 1.29 is 23.7 Å². The van der Waals surface area contributed by atoms with E-state index in [-0.39, 0.29) is 22.4 Å². The number of amides is 3. The number of hydrogen-bond donors (Lipinski definition) is 1. The number of nitrogens with zero attached hydrogens (tertiary/aromatic N) is 3. The second-order valence-electron chi connectivity index (χ2n) is 8.72. The molecule has 0 radical (unpaired) electrons. The molecule has 4 atom stereocenters. The number of hydrogen-bond acceptors (Lipinski definition) is 6. The molecule has 168 valence electrons. The molecule has 0 saturated carbocycles. The van der Waals surface area contributed by atoms with Crippen LogP contribution in [0.1, 0.15) is 18.4 Å². The third kappa shape index (κ3) is 2.37. The Kier molecular flexibility index (Phi) is 4.04. The highest BCUT2D eigenvalue weighted by Gasteiger charge is 2.74. The van der Waals surface area contributed by atoms with Gasteiger partial charge in [-0.1, -0.05) is 11.6 Å². The normalized spacial score (nSPS) is 30.1. The molecule has 2 aromatic rings. The maximum absolute atomic E-state index is 14.3. The van der Waals surface area contributed by atoms with Crippen molar-refractivity contribution in [3.05, 3.63) is 62.9 Å². The van der Waals surface area contributed by atoms with Gasteiger partial charge in [0.1, 0.15) is 11.4 Å². The SMILES string of the molecule is O=C1[C@H]2[C@@H](C(=O)N1c1ccc([N+](=O)[O-])cc1Cl)[C@@]1(C(=O)Nc3ccc(F)cc31)N1CCC[C@@H]21. The van der Waals surface area contributed by atoms with Gasteiger partial charge in [0.05, 0.1) is 27.5 Å². The molecule has 3 saturated heterocycles. The maximum atomic E-state index is 14.3. The number of rotatable bonds is 2. The molecular formula is C22H16ClFN4O5. The van der Waals surface area contributed by atoms with Crippen molar-refractivity contribution in [2.24, 2.45) is 11.8 Å². The van der Waals surface area contributed by atoms with E-state index in [9.17, 15) is 28.9 Å². The number of halogens is 2. The van der Waals surface area contributed by atoms with Gasteiger partial charge in [0.15, 0.2) is 0 Å². The quantitative estimate of drug-likeness (QED) is 0.410. The minimum absolute atomic E-state index is 0.0317. The lowest BCUT2D eigenvalue weighted by Crippen LogP contribution is -2.54. The number of nitro benzene ring substituents is 1. The maximum Gasteiger partial charge on any atom is 0.271 e. The molecule has 3 fully saturated rings. The third-order valence-electron chi connectivity index (χ3n) is 7.34. The first kappa shape index (κ1) is 20.3. The number of fused-ring (bicyclic) bond motifs is 7. The van der Waals surface area contributed by atoms with Gasteiger partial charge in [-0.15, -0.1) is 0 Å². The predicted octanol–water partition coefficient (Wildman–Crippen LogP) is 2.82. The Hall–Kier alpha value is -3.37. The zero-order valence-electron chi connectivity index (χ0n) is 17.0. The van der Waals surface area contributed by atoms with Crippen LogP contribution in [-0.2, 0) is 19.9 Å². The topological polar surface area (TPSA) is 113 Å². The third-order valence-corrected chi connectivity index (χ3v) is 7.64. The van der Waals surface area contributed by atoms with Gasteiger partial charge in [-0.25, -0.2) is 9.29 Å². The van der Waals surface area contributed by atoms with E-state index in [2.05, 4.69) is 5.32 Å². The van der Waals surface area contributed by atoms with Gasteiger partial charge in [-0.3, -0.25) is 29.4 Å². The van der Waals surface area contributed by atoms with E-state index < -0.39 is 45.8 Å². The number of benzene rings is 2. The van der Waals surface area contributed by atoms with E-state index >= 15 is 0 Å². The smallest absolute Gasteiger partial charge is 0.271 e. The van der Waals surface area contributed by atoms with Crippen molar-refractivity contribution in [2.75, 3.05) is 16.8 Å². The van der Waals surface area contributed by atoms with E-state index in [1.54, 1.807) is 0 Å². The number of imide groups is 1. The van der Waals surface area contributed by atoms with E-state index in [0.717, 1.165) is 17.4 Å². The Balaban J connectivity index is 1.53. The van der Waals surface area contributed by atoms with Gasteiger partial charge in [0.25, 0.3) is 5.69 Å². The average molecular weight is 471 g/mol. The highest BCUT2D eigenvalue weighted by atomic mass is 35.5. The minimum Gasteiger partial charge on any atom is -0.324 e. The fraction of sp³-hybridized carbons (Fsp3) is 0.318. The largest absolute Gasteiger partial charge is 0.324 e. The van der Waals surface area contributed by atoms with Crippen molar-refractivity contribution in [3.8, 4) is 0 Å². The summed E-state index contributed by atoms with van der Waals surface area (Å²) in [6, 6.07) is 7.09. The van der Waals surface area contributed by atoms with Gasteiger partial charge in [-0.05, 0) is 43.7 Å². The Morgan fingerprint density at radius 2 is 1.94 bits per heavy atom. The van der Waals surface area contributed by atoms with Gasteiger partial charge >= 0.3 is 0 Å². The minimum atomic E-state index is -1.50. The summed E-state index contributed by atoms with van der Waals surface area (Å²) >= 11 is 6.24. The highest BCUT2D eigenvalue weighted by molar-refractivity contribution is 6.36. The van der Waals surface area contributed by atoms with Crippen LogP contribution in [0.5, 0.6) is 0 Å². The zero-order chi connectivity index (χ0) is 23.2. The second kappa shape index (κ2) is 6.58. The number of nitro groups is 1. The molecule has 0 aliphatic carbocycles. The van der Waals surface area contributed by atoms with Crippen LogP contribution in [-0.4, -0.2) is 40.1 Å². The van der Waals surface area contributed by atoms with Crippen LogP contribution in [0, 0.1) is 27.8 Å². The summed E-state index contributed by atoms with van der Waals surface area (Å²) in [6.45, 7) is 0.500. The molecule has 0 aromatic heterocycles. The summed E-state index contributed by atoms with van der Waals surface area (Å²) in [5, 5.41) is 13.7. The summed E-state index contributed by atoms with van der Waals surface area (Å²) in [6.07, 6.45) is 1.34. The Morgan fingerprint density at radius 3 is 2.67 bits per heavy atom. The molecule has 33 heavy (non-hydrogen) atoms. The second-order valence-corrected chi connectivity index (χ2v) is 9.13. The van der Waals surface area contributed by atoms with Crippen LogP contribution in [0.2, 0.25) is 5.02 Å².